The van der Waals surface area contributed by atoms with Crippen molar-refractivity contribution in [2.24, 2.45) is 0 Å². The summed E-state index contributed by atoms with van der Waals surface area (Å²) in [4.78, 5) is 49.0. The van der Waals surface area contributed by atoms with E-state index in [1.807, 2.05) is 55.6 Å². The first kappa shape index (κ1) is 24.4. The monoisotopic (exact) mass is 491 g/mol. The fourth-order valence-corrected chi connectivity index (χ4v) is 4.74. The van der Waals surface area contributed by atoms with Crippen LogP contribution in [0.1, 0.15) is 49.9 Å². The first-order valence-corrected chi connectivity index (χ1v) is 12.7. The number of nitrogen functional groups attached to an aromatic ring is 1. The largest absolute Gasteiger partial charge is 0.383 e. The first-order chi connectivity index (χ1) is 17.0. The number of benzene rings is 1. The number of carbonyl (C=O) groups excluding carboxylic acids is 1. The van der Waals surface area contributed by atoms with Gasteiger partial charge in [0.05, 0.1) is 21.7 Å². The number of carbonyl (C=O) groups is 1. The number of rotatable bonds is 9. The molecule has 3 heterocycles. The van der Waals surface area contributed by atoms with E-state index in [4.69, 9.17) is 10.7 Å². The molecule has 0 aliphatic rings. The number of amides is 1. The van der Waals surface area contributed by atoms with Crippen LogP contribution in [0.3, 0.4) is 0 Å². The molecule has 3 aromatic heterocycles. The average Bonchev–Trinajstić information content (AvgIpc) is 3.40. The first-order valence-electron chi connectivity index (χ1n) is 11.8. The number of H-pyrrole nitrogens is 1. The number of aromatic nitrogens is 3. The minimum atomic E-state index is -0.665. The Kier molecular flexibility index (Phi) is 7.45. The molecule has 8 nitrogen and oxygen atoms in total. The number of nitrogens with two attached hydrogens (primary N) is 1. The number of anilines is 2. The molecule has 4 rings (SSSR count). The van der Waals surface area contributed by atoms with Crippen LogP contribution in [0.2, 0.25) is 0 Å². The third kappa shape index (κ3) is 4.90. The van der Waals surface area contributed by atoms with Crippen molar-refractivity contribution >= 4 is 39.7 Å². The smallest absolute Gasteiger partial charge is 0.330 e. The van der Waals surface area contributed by atoms with Gasteiger partial charge in [-0.2, -0.15) is 0 Å². The lowest BCUT2D eigenvalue weighted by atomic mass is 10.0. The molecule has 0 aliphatic carbocycles. The molecule has 0 saturated heterocycles. The standard InChI is InChI=1S/C26H29N5O3S/c1-3-5-13-30(22-23(27)31(14-6-4-2)26(34)29-24(22)32)25(33)18-16-20(21-12-9-15-35-21)28-19-11-8-7-10-17(18)19/h7-12,15-16H,3-6,13-14,27H2,1-2H3,(H,29,32,34). The normalized spacial score (nSPS) is 11.1. The summed E-state index contributed by atoms with van der Waals surface area (Å²) in [5.41, 5.74) is 6.96. The summed E-state index contributed by atoms with van der Waals surface area (Å²) in [5, 5.41) is 2.65. The van der Waals surface area contributed by atoms with Gasteiger partial charge in [-0.15, -0.1) is 11.3 Å². The molecule has 0 atom stereocenters. The number of unbranched alkanes of at least 4 members (excludes halogenated alkanes) is 2. The van der Waals surface area contributed by atoms with Crippen molar-refractivity contribution in [1.29, 1.82) is 0 Å². The van der Waals surface area contributed by atoms with Gasteiger partial charge >= 0.3 is 5.69 Å². The predicted molar refractivity (Wildman–Crippen MR) is 142 cm³/mol. The Hall–Kier alpha value is -3.72. The summed E-state index contributed by atoms with van der Waals surface area (Å²) < 4.78 is 1.34. The van der Waals surface area contributed by atoms with E-state index in [1.54, 1.807) is 6.07 Å². The zero-order chi connectivity index (χ0) is 24.9. The van der Waals surface area contributed by atoms with Crippen molar-refractivity contribution in [3.8, 4) is 10.6 Å². The zero-order valence-corrected chi connectivity index (χ0v) is 20.7. The summed E-state index contributed by atoms with van der Waals surface area (Å²) >= 11 is 1.54. The van der Waals surface area contributed by atoms with Gasteiger partial charge in [0.1, 0.15) is 5.82 Å². The fraction of sp³-hybridized carbons (Fsp3) is 0.308. The zero-order valence-electron chi connectivity index (χ0n) is 19.9. The number of hydrogen-bond acceptors (Lipinski definition) is 6. The van der Waals surface area contributed by atoms with Crippen LogP contribution in [0.15, 0.2) is 57.4 Å². The van der Waals surface area contributed by atoms with Crippen LogP contribution < -0.4 is 21.9 Å². The van der Waals surface area contributed by atoms with Crippen molar-refractivity contribution < 1.29 is 4.79 Å². The molecule has 0 radical (unpaired) electrons. The van der Waals surface area contributed by atoms with E-state index in [-0.39, 0.29) is 17.4 Å². The van der Waals surface area contributed by atoms with Gasteiger partial charge in [0.25, 0.3) is 11.5 Å². The number of pyridine rings is 1. The highest BCUT2D eigenvalue weighted by Gasteiger charge is 2.27. The van der Waals surface area contributed by atoms with E-state index < -0.39 is 11.2 Å². The molecule has 0 aliphatic heterocycles. The molecule has 35 heavy (non-hydrogen) atoms. The van der Waals surface area contributed by atoms with Crippen LogP contribution in [-0.2, 0) is 6.54 Å². The molecular weight excluding hydrogens is 462 g/mol. The number of thiophene rings is 1. The lowest BCUT2D eigenvalue weighted by Gasteiger charge is -2.25. The van der Waals surface area contributed by atoms with Crippen LogP contribution in [0.25, 0.3) is 21.5 Å². The topological polar surface area (TPSA) is 114 Å². The highest BCUT2D eigenvalue weighted by Crippen LogP contribution is 2.30. The number of hydrogen-bond donors (Lipinski definition) is 2. The SMILES string of the molecule is CCCCN(C(=O)c1cc(-c2cccs2)nc2ccccc12)c1c(N)n(CCCC)c(=O)[nH]c1=O. The quantitative estimate of drug-likeness (QED) is 0.354. The van der Waals surface area contributed by atoms with Gasteiger partial charge < -0.3 is 10.6 Å². The molecule has 1 aromatic carbocycles. The van der Waals surface area contributed by atoms with Gasteiger partial charge in [-0.05, 0) is 36.4 Å². The molecule has 182 valence electrons. The Morgan fingerprint density at radius 2 is 1.89 bits per heavy atom. The van der Waals surface area contributed by atoms with Gasteiger partial charge in [-0.1, -0.05) is 51.0 Å². The molecule has 0 spiro atoms. The Bertz CT molecular complexity index is 1460. The van der Waals surface area contributed by atoms with Crippen molar-refractivity contribution in [3.05, 3.63) is 74.2 Å². The summed E-state index contributed by atoms with van der Waals surface area (Å²) in [5.74, 6) is -0.346. The second-order valence-electron chi connectivity index (χ2n) is 8.36. The number of fused-ring (bicyclic) bond motifs is 1. The Morgan fingerprint density at radius 1 is 1.11 bits per heavy atom. The Labute approximate surface area is 207 Å². The lowest BCUT2D eigenvalue weighted by molar-refractivity contribution is 0.0987. The minimum Gasteiger partial charge on any atom is -0.383 e. The number of para-hydroxylation sites is 1. The van der Waals surface area contributed by atoms with E-state index in [0.29, 0.717) is 41.7 Å². The Balaban J connectivity index is 1.91. The van der Waals surface area contributed by atoms with Gasteiger partial charge in [-0.3, -0.25) is 19.1 Å². The third-order valence-corrected chi connectivity index (χ3v) is 6.81. The van der Waals surface area contributed by atoms with Crippen LogP contribution in [-0.4, -0.2) is 27.0 Å². The molecule has 0 unspecified atom stereocenters. The van der Waals surface area contributed by atoms with Crippen LogP contribution >= 0.6 is 11.3 Å². The fourth-order valence-electron chi connectivity index (χ4n) is 4.06. The molecule has 4 aromatic rings. The lowest BCUT2D eigenvalue weighted by Crippen LogP contribution is -2.41. The molecular formula is C26H29N5O3S. The number of aromatic amines is 1. The maximum atomic E-state index is 14.1. The minimum absolute atomic E-state index is 0.00787. The van der Waals surface area contributed by atoms with E-state index in [0.717, 1.165) is 24.1 Å². The predicted octanol–water partition coefficient (Wildman–Crippen LogP) is 4.64. The summed E-state index contributed by atoms with van der Waals surface area (Å²) in [7, 11) is 0. The second-order valence-corrected chi connectivity index (χ2v) is 9.31. The van der Waals surface area contributed by atoms with Crippen LogP contribution in [0.5, 0.6) is 0 Å². The summed E-state index contributed by atoms with van der Waals surface area (Å²) in [6.07, 6.45) is 3.05. The molecule has 3 N–H and O–H groups in total. The molecule has 0 bridgehead atoms. The number of nitrogens with zero attached hydrogens (tertiary/aromatic N) is 3. The van der Waals surface area contributed by atoms with E-state index in [9.17, 15) is 14.4 Å². The number of nitrogens with one attached hydrogen (secondary N) is 1. The van der Waals surface area contributed by atoms with Crippen molar-refractivity contribution in [2.75, 3.05) is 17.2 Å². The van der Waals surface area contributed by atoms with Crippen LogP contribution in [0, 0.1) is 0 Å². The summed E-state index contributed by atoms with van der Waals surface area (Å²) in [6.45, 7) is 4.67. The summed E-state index contributed by atoms with van der Waals surface area (Å²) in [6, 6.07) is 13.1. The second kappa shape index (κ2) is 10.7. The van der Waals surface area contributed by atoms with Gasteiger partial charge in [0.2, 0.25) is 0 Å². The maximum Gasteiger partial charge on any atom is 0.330 e. The Morgan fingerprint density at radius 3 is 2.60 bits per heavy atom. The van der Waals surface area contributed by atoms with Crippen molar-refractivity contribution in [1.82, 2.24) is 14.5 Å². The van der Waals surface area contributed by atoms with Gasteiger partial charge in [0, 0.05) is 18.5 Å². The van der Waals surface area contributed by atoms with E-state index in [1.165, 1.54) is 20.8 Å². The molecule has 0 saturated carbocycles. The van der Waals surface area contributed by atoms with Gasteiger partial charge in [0.15, 0.2) is 5.69 Å². The molecule has 0 fully saturated rings. The van der Waals surface area contributed by atoms with Gasteiger partial charge in [-0.25, -0.2) is 9.78 Å². The highest BCUT2D eigenvalue weighted by molar-refractivity contribution is 7.13. The van der Waals surface area contributed by atoms with Crippen molar-refractivity contribution in [2.45, 2.75) is 46.1 Å². The van der Waals surface area contributed by atoms with E-state index >= 15 is 0 Å². The maximum absolute atomic E-state index is 14.1. The average molecular weight is 492 g/mol. The van der Waals surface area contributed by atoms with Crippen LogP contribution in [0.4, 0.5) is 11.5 Å². The molecule has 1 amide bonds. The molecule has 9 heteroatoms. The highest BCUT2D eigenvalue weighted by atomic mass is 32.1. The van der Waals surface area contributed by atoms with Crippen molar-refractivity contribution in [3.63, 3.8) is 0 Å². The van der Waals surface area contributed by atoms with E-state index in [2.05, 4.69) is 4.98 Å². The third-order valence-electron chi connectivity index (χ3n) is 5.92.